The third-order valence-corrected chi connectivity index (χ3v) is 2.42. The molecule has 0 aliphatic carbocycles. The summed E-state index contributed by atoms with van der Waals surface area (Å²) in [5.74, 6) is -1.80. The number of halogens is 1. The number of carbonyl (C=O) groups is 1. The van der Waals surface area contributed by atoms with E-state index in [4.69, 9.17) is 5.11 Å². The van der Waals surface area contributed by atoms with Gasteiger partial charge in [-0.25, -0.2) is 4.98 Å². The monoisotopic (exact) mass is 231 g/mol. The summed E-state index contributed by atoms with van der Waals surface area (Å²) in [6.45, 7) is 0. The van der Waals surface area contributed by atoms with Crippen molar-refractivity contribution in [2.24, 2.45) is 0 Å². The molecule has 0 aliphatic rings. The Kier molecular flexibility index (Phi) is 3.14. The summed E-state index contributed by atoms with van der Waals surface area (Å²) >= 11 is 0. The predicted octanol–water partition coefficient (Wildman–Crippen LogP) is 2.51. The van der Waals surface area contributed by atoms with Gasteiger partial charge in [0.05, 0.1) is 6.42 Å². The van der Waals surface area contributed by atoms with Crippen LogP contribution in [0.1, 0.15) is 5.56 Å². The van der Waals surface area contributed by atoms with E-state index in [-0.39, 0.29) is 12.0 Å². The summed E-state index contributed by atoms with van der Waals surface area (Å²) < 4.78 is 13.5. The van der Waals surface area contributed by atoms with Crippen molar-refractivity contribution in [1.82, 2.24) is 4.98 Å². The number of hydrogen-bond acceptors (Lipinski definition) is 2. The van der Waals surface area contributed by atoms with Crippen molar-refractivity contribution < 1.29 is 14.3 Å². The van der Waals surface area contributed by atoms with Crippen molar-refractivity contribution in [2.45, 2.75) is 6.42 Å². The molecule has 17 heavy (non-hydrogen) atoms. The van der Waals surface area contributed by atoms with Gasteiger partial charge < -0.3 is 5.11 Å². The van der Waals surface area contributed by atoms with Crippen LogP contribution < -0.4 is 0 Å². The summed E-state index contributed by atoms with van der Waals surface area (Å²) in [4.78, 5) is 14.2. The number of hydrogen-bond donors (Lipinski definition) is 1. The van der Waals surface area contributed by atoms with Crippen LogP contribution in [0, 0.1) is 5.95 Å². The second kappa shape index (κ2) is 4.74. The standard InChI is InChI=1S/C13H10FNO2/c14-13-11(8-12(16)17)10(6-7-15-13)9-4-2-1-3-5-9/h1-7H,8H2,(H,16,17). The van der Waals surface area contributed by atoms with Crippen molar-refractivity contribution >= 4 is 5.97 Å². The summed E-state index contributed by atoms with van der Waals surface area (Å²) in [6, 6.07) is 10.7. The molecule has 0 bridgehead atoms. The van der Waals surface area contributed by atoms with Crippen LogP contribution in [0.3, 0.4) is 0 Å². The minimum absolute atomic E-state index is 0.117. The van der Waals surface area contributed by atoms with Crippen LogP contribution in [0.25, 0.3) is 11.1 Å². The number of rotatable bonds is 3. The Labute approximate surface area is 97.6 Å². The average Bonchev–Trinajstić information content (AvgIpc) is 2.32. The van der Waals surface area contributed by atoms with Crippen LogP contribution in [0.4, 0.5) is 4.39 Å². The molecule has 0 radical (unpaired) electrons. The lowest BCUT2D eigenvalue weighted by atomic mass is 10.00. The predicted molar refractivity (Wildman–Crippen MR) is 61.0 cm³/mol. The van der Waals surface area contributed by atoms with E-state index in [1.807, 2.05) is 18.2 Å². The number of aliphatic carboxylic acids is 1. The van der Waals surface area contributed by atoms with E-state index in [0.29, 0.717) is 5.56 Å². The molecular weight excluding hydrogens is 221 g/mol. The maximum Gasteiger partial charge on any atom is 0.308 e. The molecule has 0 unspecified atom stereocenters. The van der Waals surface area contributed by atoms with E-state index in [1.165, 1.54) is 6.20 Å². The van der Waals surface area contributed by atoms with Crippen LogP contribution in [0.2, 0.25) is 0 Å². The van der Waals surface area contributed by atoms with E-state index in [0.717, 1.165) is 5.56 Å². The third-order valence-electron chi connectivity index (χ3n) is 2.42. The normalized spacial score (nSPS) is 10.2. The zero-order valence-electron chi connectivity index (χ0n) is 8.93. The summed E-state index contributed by atoms with van der Waals surface area (Å²) in [7, 11) is 0. The number of benzene rings is 1. The zero-order chi connectivity index (χ0) is 12.3. The van der Waals surface area contributed by atoms with Gasteiger partial charge in [-0.15, -0.1) is 0 Å². The smallest absolute Gasteiger partial charge is 0.308 e. The Balaban J connectivity index is 2.54. The second-order valence-corrected chi connectivity index (χ2v) is 3.56. The first-order valence-electron chi connectivity index (χ1n) is 5.09. The molecule has 1 N–H and O–H groups in total. The van der Waals surface area contributed by atoms with Gasteiger partial charge in [-0.1, -0.05) is 30.3 Å². The van der Waals surface area contributed by atoms with Crippen LogP contribution in [0.5, 0.6) is 0 Å². The van der Waals surface area contributed by atoms with Crippen molar-refractivity contribution in [3.63, 3.8) is 0 Å². The minimum atomic E-state index is -1.07. The first kappa shape index (κ1) is 11.3. The van der Waals surface area contributed by atoms with E-state index < -0.39 is 11.9 Å². The Bertz CT molecular complexity index is 540. The van der Waals surface area contributed by atoms with Crippen LogP contribution in [0.15, 0.2) is 42.6 Å². The Hall–Kier alpha value is -2.23. The lowest BCUT2D eigenvalue weighted by Crippen LogP contribution is -2.05. The van der Waals surface area contributed by atoms with Gasteiger partial charge in [-0.3, -0.25) is 4.79 Å². The maximum absolute atomic E-state index is 13.5. The number of pyridine rings is 1. The fraction of sp³-hybridized carbons (Fsp3) is 0.0769. The summed E-state index contributed by atoms with van der Waals surface area (Å²) in [5, 5.41) is 8.77. The van der Waals surface area contributed by atoms with E-state index >= 15 is 0 Å². The van der Waals surface area contributed by atoms with Gasteiger partial charge in [-0.05, 0) is 17.2 Å². The summed E-state index contributed by atoms with van der Waals surface area (Å²) in [5.41, 5.74) is 1.47. The minimum Gasteiger partial charge on any atom is -0.481 e. The molecule has 0 atom stereocenters. The van der Waals surface area contributed by atoms with Gasteiger partial charge in [0.2, 0.25) is 5.95 Å². The molecule has 0 saturated carbocycles. The van der Waals surface area contributed by atoms with E-state index in [2.05, 4.69) is 4.98 Å². The van der Waals surface area contributed by atoms with Crippen molar-refractivity contribution in [2.75, 3.05) is 0 Å². The van der Waals surface area contributed by atoms with E-state index in [9.17, 15) is 9.18 Å². The lowest BCUT2D eigenvalue weighted by Gasteiger charge is -2.08. The molecule has 4 heteroatoms. The molecule has 86 valence electrons. The van der Waals surface area contributed by atoms with Gasteiger partial charge in [0.25, 0.3) is 0 Å². The lowest BCUT2D eigenvalue weighted by molar-refractivity contribution is -0.136. The SMILES string of the molecule is O=C(O)Cc1c(-c2ccccc2)ccnc1F. The molecule has 3 nitrogen and oxygen atoms in total. The highest BCUT2D eigenvalue weighted by Gasteiger charge is 2.14. The fourth-order valence-electron chi connectivity index (χ4n) is 1.67. The maximum atomic E-state index is 13.5. The molecule has 1 aromatic carbocycles. The molecule has 1 aromatic heterocycles. The largest absolute Gasteiger partial charge is 0.481 e. The molecule has 2 aromatic rings. The molecule has 0 spiro atoms. The molecule has 0 fully saturated rings. The zero-order valence-corrected chi connectivity index (χ0v) is 8.93. The van der Waals surface area contributed by atoms with Gasteiger partial charge in [0.1, 0.15) is 0 Å². The molecule has 2 rings (SSSR count). The highest BCUT2D eigenvalue weighted by atomic mass is 19.1. The Morgan fingerprint density at radius 2 is 1.94 bits per heavy atom. The van der Waals surface area contributed by atoms with Crippen molar-refractivity contribution in [3.8, 4) is 11.1 Å². The second-order valence-electron chi connectivity index (χ2n) is 3.56. The number of nitrogens with zero attached hydrogens (tertiary/aromatic N) is 1. The topological polar surface area (TPSA) is 50.2 Å². The van der Waals surface area contributed by atoms with Crippen molar-refractivity contribution in [1.29, 1.82) is 0 Å². The third kappa shape index (κ3) is 2.47. The number of carboxylic acids is 1. The number of aromatic nitrogens is 1. The highest BCUT2D eigenvalue weighted by molar-refractivity contribution is 5.76. The quantitative estimate of drug-likeness (QED) is 0.826. The summed E-state index contributed by atoms with van der Waals surface area (Å²) in [6.07, 6.45) is 0.965. The van der Waals surface area contributed by atoms with Gasteiger partial charge in [0.15, 0.2) is 0 Å². The molecule has 0 saturated heterocycles. The molecular formula is C13H10FNO2. The fourth-order valence-corrected chi connectivity index (χ4v) is 1.67. The van der Waals surface area contributed by atoms with E-state index in [1.54, 1.807) is 18.2 Å². The Morgan fingerprint density at radius 1 is 1.24 bits per heavy atom. The first-order chi connectivity index (χ1) is 8.18. The van der Waals surface area contributed by atoms with Crippen LogP contribution in [-0.4, -0.2) is 16.1 Å². The Morgan fingerprint density at radius 3 is 2.59 bits per heavy atom. The molecule has 1 heterocycles. The van der Waals surface area contributed by atoms with Crippen LogP contribution in [-0.2, 0) is 11.2 Å². The highest BCUT2D eigenvalue weighted by Crippen LogP contribution is 2.24. The first-order valence-corrected chi connectivity index (χ1v) is 5.09. The van der Waals surface area contributed by atoms with Gasteiger partial charge >= 0.3 is 5.97 Å². The number of carboxylic acid groups (broad SMARTS) is 1. The van der Waals surface area contributed by atoms with Gasteiger partial charge in [0, 0.05) is 11.8 Å². The molecule has 0 aliphatic heterocycles. The van der Waals surface area contributed by atoms with Gasteiger partial charge in [-0.2, -0.15) is 4.39 Å². The average molecular weight is 231 g/mol. The van der Waals surface area contributed by atoms with Crippen molar-refractivity contribution in [3.05, 3.63) is 54.1 Å². The van der Waals surface area contributed by atoms with Crippen LogP contribution >= 0.6 is 0 Å². The molecule has 0 amide bonds.